The fourth-order valence-electron chi connectivity index (χ4n) is 2.67. The molecule has 20 heavy (non-hydrogen) atoms. The zero-order valence-corrected chi connectivity index (χ0v) is 11.6. The van der Waals surface area contributed by atoms with Crippen LogP contribution in [0.5, 0.6) is 0 Å². The van der Waals surface area contributed by atoms with Gasteiger partial charge in [-0.1, -0.05) is 11.6 Å². The molecule has 0 saturated heterocycles. The third-order valence-corrected chi connectivity index (χ3v) is 4.00. The van der Waals surface area contributed by atoms with E-state index in [1.54, 1.807) is 11.0 Å². The first-order chi connectivity index (χ1) is 9.69. The van der Waals surface area contributed by atoms with Crippen molar-refractivity contribution in [1.82, 2.24) is 4.90 Å². The maximum absolute atomic E-state index is 12.5. The van der Waals surface area contributed by atoms with Gasteiger partial charge < -0.3 is 14.4 Å². The Balaban J connectivity index is 1.89. The maximum Gasteiger partial charge on any atom is 0.289 e. The van der Waals surface area contributed by atoms with Gasteiger partial charge in [0.15, 0.2) is 5.76 Å². The number of rotatable bonds is 4. The first-order valence-corrected chi connectivity index (χ1v) is 7.11. The third-order valence-electron chi connectivity index (χ3n) is 4.00. The van der Waals surface area contributed by atoms with Crippen molar-refractivity contribution in [2.24, 2.45) is 0 Å². The van der Waals surface area contributed by atoms with Gasteiger partial charge in [0.2, 0.25) is 0 Å². The number of aliphatic hydroxyl groups is 1. The summed E-state index contributed by atoms with van der Waals surface area (Å²) in [6, 6.07) is 7.92. The average Bonchev–Trinajstić information content (AvgIpc) is 2.78. The number of carbonyl (C=O) groups is 1. The van der Waals surface area contributed by atoms with Crippen LogP contribution in [0.2, 0.25) is 0 Å². The van der Waals surface area contributed by atoms with Crippen molar-refractivity contribution in [3.63, 3.8) is 0 Å². The zero-order valence-electron chi connectivity index (χ0n) is 11.6. The molecular formula is C16H19NO3. The normalized spacial score (nSPS) is 15.3. The Morgan fingerprint density at radius 3 is 2.85 bits per heavy atom. The smallest absolute Gasteiger partial charge is 0.289 e. The summed E-state index contributed by atoms with van der Waals surface area (Å²) < 4.78 is 5.66. The molecule has 4 heteroatoms. The second-order valence-corrected chi connectivity index (χ2v) is 5.46. The molecule has 1 N–H and O–H groups in total. The molecule has 1 aliphatic rings. The molecular weight excluding hydrogens is 254 g/mol. The van der Waals surface area contributed by atoms with Gasteiger partial charge >= 0.3 is 0 Å². The number of nitrogens with zero attached hydrogens (tertiary/aromatic N) is 1. The van der Waals surface area contributed by atoms with Crippen LogP contribution in [0.15, 0.2) is 28.7 Å². The molecule has 0 aliphatic heterocycles. The summed E-state index contributed by atoms with van der Waals surface area (Å²) in [7, 11) is 0. The highest BCUT2D eigenvalue weighted by molar-refractivity contribution is 5.96. The number of hydrogen-bond acceptors (Lipinski definition) is 3. The van der Waals surface area contributed by atoms with E-state index in [0.29, 0.717) is 12.3 Å². The minimum absolute atomic E-state index is 0.0123. The number of aliphatic hydroxyl groups excluding tert-OH is 1. The average molecular weight is 273 g/mol. The summed E-state index contributed by atoms with van der Waals surface area (Å²) in [4.78, 5) is 14.3. The number of amides is 1. The van der Waals surface area contributed by atoms with Gasteiger partial charge in [-0.25, -0.2) is 0 Å². The van der Waals surface area contributed by atoms with Crippen molar-refractivity contribution in [1.29, 1.82) is 0 Å². The highest BCUT2D eigenvalue weighted by atomic mass is 16.3. The summed E-state index contributed by atoms with van der Waals surface area (Å²) in [5, 5.41) is 10.1. The van der Waals surface area contributed by atoms with E-state index in [4.69, 9.17) is 9.52 Å². The molecule has 3 rings (SSSR count). The number of fused-ring (bicyclic) bond motifs is 1. The molecule has 4 nitrogen and oxygen atoms in total. The van der Waals surface area contributed by atoms with E-state index >= 15 is 0 Å². The number of hydrogen-bond donors (Lipinski definition) is 1. The first kappa shape index (κ1) is 13.2. The van der Waals surface area contributed by atoms with Gasteiger partial charge in [-0.05, 0) is 44.4 Å². The summed E-state index contributed by atoms with van der Waals surface area (Å²) in [5.41, 5.74) is 1.88. The van der Waals surface area contributed by atoms with E-state index in [2.05, 4.69) is 0 Å². The summed E-state index contributed by atoms with van der Waals surface area (Å²) >= 11 is 0. The van der Waals surface area contributed by atoms with E-state index < -0.39 is 0 Å². The van der Waals surface area contributed by atoms with Crippen LogP contribution in [0.1, 0.15) is 35.4 Å². The SMILES string of the molecule is Cc1ccc2oc(C(=O)N(CCO)C3CCC3)cc2c1. The largest absolute Gasteiger partial charge is 0.451 e. The molecule has 1 amide bonds. The number of furan rings is 1. The molecule has 0 unspecified atom stereocenters. The Morgan fingerprint density at radius 2 is 2.20 bits per heavy atom. The lowest BCUT2D eigenvalue weighted by atomic mass is 9.91. The fraction of sp³-hybridized carbons (Fsp3) is 0.438. The standard InChI is InChI=1S/C16H19NO3/c1-11-5-6-14-12(9-11)10-15(20-14)16(19)17(7-8-18)13-3-2-4-13/h5-6,9-10,13,18H,2-4,7-8H2,1H3. The van der Waals surface area contributed by atoms with E-state index in [1.807, 2.05) is 25.1 Å². The second kappa shape index (κ2) is 5.29. The van der Waals surface area contributed by atoms with E-state index in [0.717, 1.165) is 35.8 Å². The van der Waals surface area contributed by atoms with Gasteiger partial charge in [-0.3, -0.25) is 4.79 Å². The van der Waals surface area contributed by atoms with Crippen LogP contribution in [-0.2, 0) is 0 Å². The molecule has 106 valence electrons. The number of carbonyl (C=O) groups excluding carboxylic acids is 1. The molecule has 0 spiro atoms. The topological polar surface area (TPSA) is 53.7 Å². The van der Waals surface area contributed by atoms with Crippen LogP contribution < -0.4 is 0 Å². The van der Waals surface area contributed by atoms with E-state index in [1.165, 1.54) is 0 Å². The van der Waals surface area contributed by atoms with Crippen molar-refractivity contribution >= 4 is 16.9 Å². The molecule has 1 aliphatic carbocycles. The molecule has 1 heterocycles. The summed E-state index contributed by atoms with van der Waals surface area (Å²) in [6.45, 7) is 2.38. The minimum Gasteiger partial charge on any atom is -0.451 e. The molecule has 1 aromatic heterocycles. The molecule has 1 aromatic carbocycles. The predicted molar refractivity (Wildman–Crippen MR) is 76.7 cm³/mol. The van der Waals surface area contributed by atoms with Crippen molar-refractivity contribution in [2.75, 3.05) is 13.2 Å². The maximum atomic E-state index is 12.5. The summed E-state index contributed by atoms with van der Waals surface area (Å²) in [5.74, 6) is 0.253. The molecule has 1 saturated carbocycles. The van der Waals surface area contributed by atoms with Gasteiger partial charge in [0.25, 0.3) is 5.91 Å². The van der Waals surface area contributed by atoms with Gasteiger partial charge in [-0.15, -0.1) is 0 Å². The zero-order chi connectivity index (χ0) is 14.1. The van der Waals surface area contributed by atoms with Gasteiger partial charge in [0.1, 0.15) is 5.58 Å². The van der Waals surface area contributed by atoms with Crippen LogP contribution in [-0.4, -0.2) is 35.1 Å². The van der Waals surface area contributed by atoms with E-state index in [9.17, 15) is 4.79 Å². The Kier molecular flexibility index (Phi) is 3.49. The van der Waals surface area contributed by atoms with Crippen molar-refractivity contribution < 1.29 is 14.3 Å². The predicted octanol–water partition coefficient (Wildman–Crippen LogP) is 2.73. The van der Waals surface area contributed by atoms with Crippen LogP contribution in [0.4, 0.5) is 0 Å². The van der Waals surface area contributed by atoms with Crippen LogP contribution in [0.3, 0.4) is 0 Å². The molecule has 0 bridgehead atoms. The van der Waals surface area contributed by atoms with Gasteiger partial charge in [0.05, 0.1) is 6.61 Å². The summed E-state index contributed by atoms with van der Waals surface area (Å²) in [6.07, 6.45) is 3.19. The van der Waals surface area contributed by atoms with Crippen molar-refractivity contribution in [3.05, 3.63) is 35.6 Å². The van der Waals surface area contributed by atoms with Crippen LogP contribution in [0, 0.1) is 6.92 Å². The Morgan fingerprint density at radius 1 is 1.40 bits per heavy atom. The first-order valence-electron chi connectivity index (χ1n) is 7.11. The Hall–Kier alpha value is -1.81. The van der Waals surface area contributed by atoms with E-state index in [-0.39, 0.29) is 18.6 Å². The molecule has 0 radical (unpaired) electrons. The molecule has 1 fully saturated rings. The Labute approximate surface area is 118 Å². The van der Waals surface area contributed by atoms with Crippen molar-refractivity contribution in [2.45, 2.75) is 32.2 Å². The fourth-order valence-corrected chi connectivity index (χ4v) is 2.67. The molecule has 2 aromatic rings. The second-order valence-electron chi connectivity index (χ2n) is 5.46. The van der Waals surface area contributed by atoms with Crippen LogP contribution in [0.25, 0.3) is 11.0 Å². The van der Waals surface area contributed by atoms with Gasteiger partial charge in [-0.2, -0.15) is 0 Å². The quantitative estimate of drug-likeness (QED) is 0.932. The highest BCUT2D eigenvalue weighted by Gasteiger charge is 2.30. The number of benzene rings is 1. The third kappa shape index (κ3) is 2.31. The lowest BCUT2D eigenvalue weighted by Crippen LogP contribution is -2.45. The monoisotopic (exact) mass is 273 g/mol. The van der Waals surface area contributed by atoms with Gasteiger partial charge in [0, 0.05) is 18.0 Å². The lowest BCUT2D eigenvalue weighted by molar-refractivity contribution is 0.0497. The minimum atomic E-state index is -0.113. The molecule has 0 atom stereocenters. The number of aryl methyl sites for hydroxylation is 1. The van der Waals surface area contributed by atoms with Crippen molar-refractivity contribution in [3.8, 4) is 0 Å². The highest BCUT2D eigenvalue weighted by Crippen LogP contribution is 2.28. The van der Waals surface area contributed by atoms with Crippen LogP contribution >= 0.6 is 0 Å². The Bertz CT molecular complexity index is 628. The lowest BCUT2D eigenvalue weighted by Gasteiger charge is -2.36.